The number of piperazine rings is 1. The van der Waals surface area contributed by atoms with Gasteiger partial charge in [0.25, 0.3) is 0 Å². The average Bonchev–Trinajstić information content (AvgIpc) is 3.32. The number of hydrogen-bond donors (Lipinski definition) is 1. The summed E-state index contributed by atoms with van der Waals surface area (Å²) in [4.78, 5) is 26.0. The number of halogens is 4. The third-order valence-electron chi connectivity index (χ3n) is 6.84. The maximum atomic E-state index is 14.9. The third kappa shape index (κ3) is 5.22. The van der Waals surface area contributed by atoms with Gasteiger partial charge in [-0.1, -0.05) is 0 Å². The Balaban J connectivity index is 1.58. The molecule has 1 saturated heterocycles. The molecule has 1 aromatic carbocycles. The number of anilines is 2. The first-order valence-electron chi connectivity index (χ1n) is 12.2. The van der Waals surface area contributed by atoms with Crippen LogP contribution in [0.25, 0.3) is 0 Å². The fourth-order valence-corrected chi connectivity index (χ4v) is 5.68. The van der Waals surface area contributed by atoms with Crippen LogP contribution in [0, 0.1) is 5.13 Å². The Kier molecular flexibility index (Phi) is 7.45. The topological polar surface area (TPSA) is 90.7 Å². The van der Waals surface area contributed by atoms with Crippen molar-refractivity contribution in [3.8, 4) is 11.6 Å². The zero-order chi connectivity index (χ0) is 28.6. The minimum absolute atomic E-state index is 0.00487. The van der Waals surface area contributed by atoms with Gasteiger partial charge in [-0.25, -0.2) is 9.98 Å². The second-order valence-corrected chi connectivity index (χ2v) is 9.95. The number of nitrogens with zero attached hydrogens (tertiary/aromatic N) is 5. The van der Waals surface area contributed by atoms with Gasteiger partial charge in [0.05, 0.1) is 37.9 Å². The number of carboxylic acid groups (broad SMARTS) is 1. The van der Waals surface area contributed by atoms with Crippen molar-refractivity contribution in [3.63, 3.8) is 0 Å². The molecule has 4 heterocycles. The molecule has 2 aromatic heterocycles. The van der Waals surface area contributed by atoms with Crippen molar-refractivity contribution in [2.45, 2.75) is 18.6 Å². The summed E-state index contributed by atoms with van der Waals surface area (Å²) >= 11 is 0.766. The van der Waals surface area contributed by atoms with E-state index in [1.165, 1.54) is 30.6 Å². The molecule has 0 bridgehead atoms. The Bertz CT molecular complexity index is 1440. The highest BCUT2D eigenvalue weighted by atomic mass is 32.1. The normalized spacial score (nSPS) is 17.4. The van der Waals surface area contributed by atoms with E-state index in [0.717, 1.165) is 29.2 Å². The number of methoxy groups -OCH3 is 2. The van der Waals surface area contributed by atoms with Gasteiger partial charge in [-0.3, -0.25) is 4.79 Å². The molecule has 9 nitrogen and oxygen atoms in total. The quantitative estimate of drug-likeness (QED) is 0.401. The Hall–Kier alpha value is -4.07. The predicted molar refractivity (Wildman–Crippen MR) is 141 cm³/mol. The minimum Gasteiger partial charge on any atom is -0.495 e. The standard InChI is InChI=1S/C26H25F4N5O4S/c1-38-20-4-3-15(26(28,29)30)11-19(20)35-18(13-22(36)37)17-14-40-24(27)23(17)32-25(35)34-9-7-33(8-10-34)16-5-6-31-21(12-16)39-2/h3-6,11-12,14,18H,7-10,13H2,1-2H3,(H,36,37). The summed E-state index contributed by atoms with van der Waals surface area (Å²) in [6, 6.07) is 5.60. The van der Waals surface area contributed by atoms with E-state index >= 15 is 0 Å². The van der Waals surface area contributed by atoms with Crippen molar-refractivity contribution in [3.05, 3.63) is 58.2 Å². The van der Waals surface area contributed by atoms with Crippen LogP contribution in [0.5, 0.6) is 11.6 Å². The van der Waals surface area contributed by atoms with Crippen LogP contribution in [0.3, 0.4) is 0 Å². The second-order valence-electron chi connectivity index (χ2n) is 9.12. The SMILES string of the molecule is COc1cc(N2CCN(C3=Nc4c(csc4F)C(CC(=O)O)N3c3cc(C(F)(F)F)ccc3OC)CC2)ccn1. The zero-order valence-corrected chi connectivity index (χ0v) is 22.3. The molecule has 1 fully saturated rings. The highest BCUT2D eigenvalue weighted by Gasteiger charge is 2.41. The van der Waals surface area contributed by atoms with Crippen molar-refractivity contribution in [1.29, 1.82) is 0 Å². The number of benzene rings is 1. The van der Waals surface area contributed by atoms with E-state index in [1.54, 1.807) is 12.3 Å². The Morgan fingerprint density at radius 2 is 1.82 bits per heavy atom. The van der Waals surface area contributed by atoms with E-state index in [4.69, 9.17) is 9.47 Å². The number of aromatic nitrogens is 1. The van der Waals surface area contributed by atoms with Crippen LogP contribution in [-0.2, 0) is 11.0 Å². The number of rotatable bonds is 6. The van der Waals surface area contributed by atoms with Crippen LogP contribution in [0.1, 0.15) is 23.6 Å². The van der Waals surface area contributed by atoms with Gasteiger partial charge in [0.1, 0.15) is 11.4 Å². The molecule has 1 unspecified atom stereocenters. The largest absolute Gasteiger partial charge is 0.495 e. The molecule has 40 heavy (non-hydrogen) atoms. The Morgan fingerprint density at radius 3 is 2.48 bits per heavy atom. The molecule has 2 aliphatic rings. The number of fused-ring (bicyclic) bond motifs is 1. The van der Waals surface area contributed by atoms with Gasteiger partial charge in [0, 0.05) is 55.1 Å². The second kappa shape index (κ2) is 10.8. The molecule has 1 atom stereocenters. The van der Waals surface area contributed by atoms with Crippen LogP contribution in [0.15, 0.2) is 46.9 Å². The number of hydrogen-bond acceptors (Lipinski definition) is 9. The molecule has 0 spiro atoms. The van der Waals surface area contributed by atoms with Gasteiger partial charge in [0.15, 0.2) is 0 Å². The molecule has 0 saturated carbocycles. The summed E-state index contributed by atoms with van der Waals surface area (Å²) in [6.45, 7) is 1.76. The van der Waals surface area contributed by atoms with Gasteiger partial charge in [-0.05, 0) is 24.3 Å². The molecular weight excluding hydrogens is 554 g/mol. The van der Waals surface area contributed by atoms with Gasteiger partial charge >= 0.3 is 12.1 Å². The van der Waals surface area contributed by atoms with Crippen molar-refractivity contribution in [1.82, 2.24) is 9.88 Å². The summed E-state index contributed by atoms with van der Waals surface area (Å²) in [5.41, 5.74) is 0.213. The number of carboxylic acids is 1. The molecule has 5 rings (SSSR count). The lowest BCUT2D eigenvalue weighted by molar-refractivity contribution is -0.138. The molecule has 0 amide bonds. The first-order chi connectivity index (χ1) is 19.1. The lowest BCUT2D eigenvalue weighted by Gasteiger charge is -2.44. The van der Waals surface area contributed by atoms with E-state index in [-0.39, 0.29) is 28.6 Å². The number of alkyl halides is 3. The van der Waals surface area contributed by atoms with Crippen molar-refractivity contribution in [2.75, 3.05) is 50.2 Å². The van der Waals surface area contributed by atoms with Gasteiger partial charge in [-0.2, -0.15) is 17.6 Å². The zero-order valence-electron chi connectivity index (χ0n) is 21.5. The summed E-state index contributed by atoms with van der Waals surface area (Å²) in [5.74, 6) is -0.494. The maximum absolute atomic E-state index is 14.9. The van der Waals surface area contributed by atoms with Gasteiger partial charge in [0.2, 0.25) is 17.0 Å². The molecular formula is C26H25F4N5O4S. The number of aliphatic carboxylic acids is 1. The average molecular weight is 580 g/mol. The fraction of sp³-hybridized carbons (Fsp3) is 0.346. The number of carbonyl (C=O) groups is 1. The molecule has 0 radical (unpaired) electrons. The Morgan fingerprint density at radius 1 is 1.10 bits per heavy atom. The van der Waals surface area contributed by atoms with Crippen molar-refractivity contribution >= 4 is 40.3 Å². The smallest absolute Gasteiger partial charge is 0.416 e. The van der Waals surface area contributed by atoms with Crippen LogP contribution in [0.2, 0.25) is 0 Å². The number of aliphatic imine (C=N–C) groups is 1. The molecule has 3 aromatic rings. The lowest BCUT2D eigenvalue weighted by atomic mass is 10.00. The van der Waals surface area contributed by atoms with Gasteiger partial charge < -0.3 is 29.3 Å². The van der Waals surface area contributed by atoms with Gasteiger partial charge in [-0.15, -0.1) is 11.3 Å². The number of thiophene rings is 1. The molecule has 14 heteroatoms. The maximum Gasteiger partial charge on any atom is 0.416 e. The van der Waals surface area contributed by atoms with Crippen LogP contribution < -0.4 is 19.3 Å². The summed E-state index contributed by atoms with van der Waals surface area (Å²) in [7, 11) is 2.84. The lowest BCUT2D eigenvalue weighted by Crippen LogP contribution is -2.55. The number of ether oxygens (including phenoxy) is 2. The minimum atomic E-state index is -4.66. The predicted octanol–water partition coefficient (Wildman–Crippen LogP) is 5.16. The third-order valence-corrected chi connectivity index (χ3v) is 7.61. The summed E-state index contributed by atoms with van der Waals surface area (Å²) in [5, 5.41) is 10.6. The van der Waals surface area contributed by atoms with E-state index in [0.29, 0.717) is 32.1 Å². The monoisotopic (exact) mass is 579 g/mol. The van der Waals surface area contributed by atoms with Crippen molar-refractivity contribution in [2.24, 2.45) is 4.99 Å². The molecule has 212 valence electrons. The highest BCUT2D eigenvalue weighted by molar-refractivity contribution is 7.08. The van der Waals surface area contributed by atoms with Crippen LogP contribution in [-0.4, -0.2) is 67.3 Å². The van der Waals surface area contributed by atoms with E-state index in [9.17, 15) is 27.5 Å². The number of guanidine groups is 1. The van der Waals surface area contributed by atoms with Crippen LogP contribution in [0.4, 0.5) is 34.6 Å². The first kappa shape index (κ1) is 27.5. The summed E-state index contributed by atoms with van der Waals surface area (Å²) in [6.07, 6.45) is -3.53. The van der Waals surface area contributed by atoms with Crippen molar-refractivity contribution < 1.29 is 36.9 Å². The Labute approximate surface area is 230 Å². The molecule has 2 aliphatic heterocycles. The summed E-state index contributed by atoms with van der Waals surface area (Å²) < 4.78 is 66.8. The van der Waals surface area contributed by atoms with E-state index in [2.05, 4.69) is 14.9 Å². The fourth-order valence-electron chi connectivity index (χ4n) is 4.91. The molecule has 0 aliphatic carbocycles. The number of pyridine rings is 1. The first-order valence-corrected chi connectivity index (χ1v) is 13.1. The molecule has 1 N–H and O–H groups in total. The van der Waals surface area contributed by atoms with E-state index in [1.807, 2.05) is 11.0 Å². The van der Waals surface area contributed by atoms with Crippen LogP contribution >= 0.6 is 11.3 Å². The highest BCUT2D eigenvalue weighted by Crippen LogP contribution is 2.47. The van der Waals surface area contributed by atoms with E-state index < -0.39 is 35.3 Å².